The summed E-state index contributed by atoms with van der Waals surface area (Å²) in [6.45, 7) is 9.51. The van der Waals surface area contributed by atoms with E-state index in [4.69, 9.17) is 0 Å². The Kier molecular flexibility index (Phi) is 6.94. The number of hydrogen-bond donors (Lipinski definition) is 0. The second kappa shape index (κ2) is 11.7. The minimum Gasteiger partial charge on any atom is -0.310 e. The molecule has 53 heavy (non-hydrogen) atoms. The normalized spacial score (nSPS) is 14.3. The first-order valence-corrected chi connectivity index (χ1v) is 18.8. The van der Waals surface area contributed by atoms with Gasteiger partial charge in [-0.05, 0) is 132 Å². The maximum atomic E-state index is 2.47. The quantitative estimate of drug-likeness (QED) is 0.175. The van der Waals surface area contributed by atoms with Crippen LogP contribution in [0.1, 0.15) is 49.9 Å². The molecule has 0 atom stereocenters. The Morgan fingerprint density at radius 3 is 1.51 bits per heavy atom. The van der Waals surface area contributed by atoms with Crippen molar-refractivity contribution in [1.82, 2.24) is 0 Å². The van der Waals surface area contributed by atoms with E-state index < -0.39 is 0 Å². The van der Waals surface area contributed by atoms with E-state index in [9.17, 15) is 0 Å². The van der Waals surface area contributed by atoms with Crippen LogP contribution in [0.3, 0.4) is 0 Å². The second-order valence-corrected chi connectivity index (χ2v) is 15.8. The van der Waals surface area contributed by atoms with Gasteiger partial charge in [0.2, 0.25) is 0 Å². The van der Waals surface area contributed by atoms with Crippen molar-refractivity contribution in [2.75, 3.05) is 4.90 Å². The van der Waals surface area contributed by atoms with Gasteiger partial charge in [0.1, 0.15) is 0 Å². The molecule has 0 N–H and O–H groups in total. The molecular weight excluding hydrogens is 639 g/mol. The van der Waals surface area contributed by atoms with Gasteiger partial charge in [0.05, 0.1) is 0 Å². The third-order valence-corrected chi connectivity index (χ3v) is 12.0. The van der Waals surface area contributed by atoms with Gasteiger partial charge in [-0.25, -0.2) is 0 Å². The standard InChI is InChI=1S/C52H41N/c1-51(2)47-27-24-41(32-46(47)45-29-37-18-11-12-19-38(37)30-49(45)51)53(40-21-13-20-36(28-40)34-14-7-5-8-15-34)42-23-26-44-43-25-22-39(35-16-9-6-10-17-35)31-48(43)52(3,4)50(44)33-42/h5-33H,1-4H3. The molecule has 0 amide bonds. The first kappa shape index (κ1) is 31.5. The second-order valence-electron chi connectivity index (χ2n) is 15.8. The highest BCUT2D eigenvalue weighted by Crippen LogP contribution is 2.54. The Labute approximate surface area is 312 Å². The molecule has 0 unspecified atom stereocenters. The first-order chi connectivity index (χ1) is 25.8. The fourth-order valence-electron chi connectivity index (χ4n) is 9.14. The van der Waals surface area contributed by atoms with Gasteiger partial charge in [0.25, 0.3) is 0 Å². The van der Waals surface area contributed by atoms with Gasteiger partial charge in [-0.1, -0.05) is 149 Å². The molecule has 0 heterocycles. The SMILES string of the molecule is CC1(C)c2cc(-c3ccccc3)ccc2-c2ccc(N(c3cccc(-c4ccccc4)c3)c3ccc4c(c3)-c3cc5ccccc5cc3C4(C)C)cc21. The summed E-state index contributed by atoms with van der Waals surface area (Å²) in [5, 5.41) is 2.58. The zero-order valence-corrected chi connectivity index (χ0v) is 30.7. The van der Waals surface area contributed by atoms with E-state index in [0.717, 1.165) is 17.1 Å². The minimum absolute atomic E-state index is 0.0900. The zero-order chi connectivity index (χ0) is 35.9. The van der Waals surface area contributed by atoms with Crippen molar-refractivity contribution in [3.63, 3.8) is 0 Å². The third-order valence-electron chi connectivity index (χ3n) is 12.0. The number of anilines is 3. The zero-order valence-electron chi connectivity index (χ0n) is 30.7. The van der Waals surface area contributed by atoms with Crippen LogP contribution < -0.4 is 4.90 Å². The van der Waals surface area contributed by atoms with Gasteiger partial charge < -0.3 is 4.90 Å². The van der Waals surface area contributed by atoms with Crippen LogP contribution >= 0.6 is 0 Å². The smallest absolute Gasteiger partial charge is 0.0468 e. The summed E-state index contributed by atoms with van der Waals surface area (Å²) in [6.07, 6.45) is 0. The molecule has 0 aromatic heterocycles. The van der Waals surface area contributed by atoms with Crippen molar-refractivity contribution in [2.24, 2.45) is 0 Å². The van der Waals surface area contributed by atoms with Crippen molar-refractivity contribution in [3.8, 4) is 44.5 Å². The maximum absolute atomic E-state index is 2.47. The molecule has 0 aliphatic heterocycles. The molecule has 0 radical (unpaired) electrons. The highest BCUT2D eigenvalue weighted by Gasteiger charge is 2.38. The van der Waals surface area contributed by atoms with Crippen LogP contribution in [0.15, 0.2) is 176 Å². The summed E-state index contributed by atoms with van der Waals surface area (Å²) in [5.74, 6) is 0. The summed E-state index contributed by atoms with van der Waals surface area (Å²) in [6, 6.07) is 65.3. The Morgan fingerprint density at radius 2 is 0.792 bits per heavy atom. The average Bonchev–Trinajstić information content (AvgIpc) is 3.56. The Bertz CT molecular complexity index is 2720. The lowest BCUT2D eigenvalue weighted by molar-refractivity contribution is 0.660. The highest BCUT2D eigenvalue weighted by atomic mass is 15.1. The molecule has 2 aliphatic carbocycles. The minimum atomic E-state index is -0.162. The van der Waals surface area contributed by atoms with Crippen molar-refractivity contribution in [2.45, 2.75) is 38.5 Å². The van der Waals surface area contributed by atoms with E-state index in [1.165, 1.54) is 77.5 Å². The maximum Gasteiger partial charge on any atom is 0.0468 e. The fraction of sp³-hybridized carbons (Fsp3) is 0.115. The molecule has 0 fully saturated rings. The van der Waals surface area contributed by atoms with Crippen LogP contribution in [0, 0.1) is 0 Å². The van der Waals surface area contributed by atoms with Gasteiger partial charge in [-0.2, -0.15) is 0 Å². The first-order valence-electron chi connectivity index (χ1n) is 18.8. The molecule has 0 bridgehead atoms. The van der Waals surface area contributed by atoms with Gasteiger partial charge in [0.15, 0.2) is 0 Å². The molecule has 0 saturated carbocycles. The lowest BCUT2D eigenvalue weighted by Gasteiger charge is -2.29. The largest absolute Gasteiger partial charge is 0.310 e. The van der Waals surface area contributed by atoms with Crippen LogP contribution in [-0.4, -0.2) is 0 Å². The predicted octanol–water partition coefficient (Wildman–Crippen LogP) is 14.3. The van der Waals surface area contributed by atoms with Crippen LogP contribution in [0.4, 0.5) is 17.1 Å². The van der Waals surface area contributed by atoms with Gasteiger partial charge in [0, 0.05) is 27.9 Å². The summed E-state index contributed by atoms with van der Waals surface area (Å²) in [5.41, 5.74) is 19.0. The summed E-state index contributed by atoms with van der Waals surface area (Å²) < 4.78 is 0. The molecule has 8 aromatic carbocycles. The number of rotatable bonds is 5. The number of fused-ring (bicyclic) bond motifs is 7. The molecule has 0 saturated heterocycles. The van der Waals surface area contributed by atoms with Crippen molar-refractivity contribution in [3.05, 3.63) is 198 Å². The summed E-state index contributed by atoms with van der Waals surface area (Å²) in [7, 11) is 0. The summed E-state index contributed by atoms with van der Waals surface area (Å²) >= 11 is 0. The van der Waals surface area contributed by atoms with Crippen LogP contribution in [-0.2, 0) is 10.8 Å². The molecule has 0 spiro atoms. The lowest BCUT2D eigenvalue weighted by atomic mass is 9.81. The summed E-state index contributed by atoms with van der Waals surface area (Å²) in [4.78, 5) is 2.47. The molecule has 10 rings (SSSR count). The van der Waals surface area contributed by atoms with Crippen molar-refractivity contribution >= 4 is 27.8 Å². The van der Waals surface area contributed by atoms with E-state index in [1.54, 1.807) is 0 Å². The Balaban J connectivity index is 1.15. The van der Waals surface area contributed by atoms with Gasteiger partial charge in [-0.3, -0.25) is 0 Å². The molecule has 1 nitrogen and oxygen atoms in total. The van der Waals surface area contributed by atoms with E-state index in [2.05, 4.69) is 209 Å². The van der Waals surface area contributed by atoms with E-state index >= 15 is 0 Å². The van der Waals surface area contributed by atoms with E-state index in [1.807, 2.05) is 0 Å². The predicted molar refractivity (Wildman–Crippen MR) is 225 cm³/mol. The number of benzene rings is 8. The van der Waals surface area contributed by atoms with Gasteiger partial charge in [-0.15, -0.1) is 0 Å². The van der Waals surface area contributed by atoms with Crippen LogP contribution in [0.5, 0.6) is 0 Å². The third kappa shape index (κ3) is 4.91. The monoisotopic (exact) mass is 679 g/mol. The van der Waals surface area contributed by atoms with Crippen molar-refractivity contribution in [1.29, 1.82) is 0 Å². The van der Waals surface area contributed by atoms with Crippen LogP contribution in [0.2, 0.25) is 0 Å². The van der Waals surface area contributed by atoms with Crippen LogP contribution in [0.25, 0.3) is 55.3 Å². The number of nitrogens with zero attached hydrogens (tertiary/aromatic N) is 1. The average molecular weight is 680 g/mol. The van der Waals surface area contributed by atoms with Crippen molar-refractivity contribution < 1.29 is 0 Å². The molecule has 1 heteroatoms. The Hall–Kier alpha value is -6.18. The lowest BCUT2D eigenvalue weighted by Crippen LogP contribution is -2.17. The molecule has 2 aliphatic rings. The topological polar surface area (TPSA) is 3.24 Å². The number of hydrogen-bond acceptors (Lipinski definition) is 1. The molecule has 8 aromatic rings. The molecular formula is C52H41N. The highest BCUT2D eigenvalue weighted by molar-refractivity contribution is 5.95. The van der Waals surface area contributed by atoms with E-state index in [-0.39, 0.29) is 10.8 Å². The van der Waals surface area contributed by atoms with Gasteiger partial charge >= 0.3 is 0 Å². The Morgan fingerprint density at radius 1 is 0.302 bits per heavy atom. The van der Waals surface area contributed by atoms with E-state index in [0.29, 0.717) is 0 Å². The fourth-order valence-corrected chi connectivity index (χ4v) is 9.14. The molecule has 254 valence electrons.